The first-order valence-electron chi connectivity index (χ1n) is 3.90. The lowest BCUT2D eigenvalue weighted by Gasteiger charge is -2.05. The van der Waals surface area contributed by atoms with Crippen LogP contribution in [0, 0.1) is 3.57 Å². The molecule has 0 atom stereocenters. The standard InChI is InChI=1S/C9H7BrINO/c10-8-6(2-1-3-7(8)11)9-12-4-5-13-9/h1-3H,4-5H2. The van der Waals surface area contributed by atoms with Gasteiger partial charge in [-0.3, -0.25) is 0 Å². The van der Waals surface area contributed by atoms with Crippen molar-refractivity contribution in [3.8, 4) is 0 Å². The molecule has 68 valence electrons. The van der Waals surface area contributed by atoms with Crippen LogP contribution in [0.15, 0.2) is 27.7 Å². The van der Waals surface area contributed by atoms with Gasteiger partial charge in [-0.1, -0.05) is 6.07 Å². The predicted molar refractivity (Wildman–Crippen MR) is 64.2 cm³/mol. The molecule has 1 aliphatic rings. The van der Waals surface area contributed by atoms with Crippen molar-refractivity contribution in [1.82, 2.24) is 0 Å². The van der Waals surface area contributed by atoms with E-state index in [1.54, 1.807) is 0 Å². The van der Waals surface area contributed by atoms with Crippen molar-refractivity contribution in [3.63, 3.8) is 0 Å². The monoisotopic (exact) mass is 351 g/mol. The molecule has 0 N–H and O–H groups in total. The van der Waals surface area contributed by atoms with E-state index in [0.717, 1.165) is 22.5 Å². The summed E-state index contributed by atoms with van der Waals surface area (Å²) < 4.78 is 7.63. The Kier molecular flexibility index (Phi) is 2.88. The highest BCUT2D eigenvalue weighted by Gasteiger charge is 2.14. The molecule has 2 rings (SSSR count). The van der Waals surface area contributed by atoms with Gasteiger partial charge in [-0.05, 0) is 50.7 Å². The number of hydrogen-bond acceptors (Lipinski definition) is 2. The van der Waals surface area contributed by atoms with Gasteiger partial charge in [0, 0.05) is 8.04 Å². The molecule has 1 aliphatic heterocycles. The van der Waals surface area contributed by atoms with Crippen LogP contribution < -0.4 is 0 Å². The second-order valence-electron chi connectivity index (χ2n) is 2.64. The van der Waals surface area contributed by atoms with Crippen molar-refractivity contribution >= 4 is 44.4 Å². The summed E-state index contributed by atoms with van der Waals surface area (Å²) in [4.78, 5) is 4.27. The third kappa shape index (κ3) is 1.88. The number of ether oxygens (including phenoxy) is 1. The number of aliphatic imine (C=N–C) groups is 1. The molecule has 1 aromatic rings. The average molecular weight is 352 g/mol. The molecule has 0 bridgehead atoms. The van der Waals surface area contributed by atoms with E-state index in [1.807, 2.05) is 18.2 Å². The van der Waals surface area contributed by atoms with Crippen LogP contribution in [0.2, 0.25) is 0 Å². The first-order valence-corrected chi connectivity index (χ1v) is 5.78. The summed E-state index contributed by atoms with van der Waals surface area (Å²) in [7, 11) is 0. The van der Waals surface area contributed by atoms with Gasteiger partial charge in [-0.2, -0.15) is 0 Å². The maximum absolute atomic E-state index is 5.39. The fourth-order valence-corrected chi connectivity index (χ4v) is 2.10. The van der Waals surface area contributed by atoms with Crippen LogP contribution in [0.5, 0.6) is 0 Å². The molecule has 0 radical (unpaired) electrons. The maximum atomic E-state index is 5.39. The van der Waals surface area contributed by atoms with E-state index in [1.165, 1.54) is 3.57 Å². The maximum Gasteiger partial charge on any atom is 0.217 e. The summed E-state index contributed by atoms with van der Waals surface area (Å²) in [6, 6.07) is 6.06. The SMILES string of the molecule is Brc1c(I)cccc1C1=NCCO1. The van der Waals surface area contributed by atoms with Gasteiger partial charge < -0.3 is 4.74 Å². The number of halogens is 2. The topological polar surface area (TPSA) is 21.6 Å². The zero-order valence-electron chi connectivity index (χ0n) is 6.76. The Morgan fingerprint density at radius 2 is 2.31 bits per heavy atom. The summed E-state index contributed by atoms with van der Waals surface area (Å²) >= 11 is 5.80. The fraction of sp³-hybridized carbons (Fsp3) is 0.222. The third-order valence-electron chi connectivity index (χ3n) is 1.77. The Morgan fingerprint density at radius 1 is 1.46 bits per heavy atom. The van der Waals surface area contributed by atoms with E-state index in [4.69, 9.17) is 4.74 Å². The summed E-state index contributed by atoms with van der Waals surface area (Å²) in [5, 5.41) is 0. The lowest BCUT2D eigenvalue weighted by Crippen LogP contribution is -2.02. The summed E-state index contributed by atoms with van der Waals surface area (Å²) in [5.74, 6) is 0.755. The average Bonchev–Trinajstić information content (AvgIpc) is 2.62. The van der Waals surface area contributed by atoms with Gasteiger partial charge >= 0.3 is 0 Å². The molecule has 0 unspecified atom stereocenters. The van der Waals surface area contributed by atoms with Gasteiger partial charge in [0.05, 0.1) is 12.1 Å². The van der Waals surface area contributed by atoms with Crippen LogP contribution >= 0.6 is 38.5 Å². The molecule has 0 fully saturated rings. The Morgan fingerprint density at radius 3 is 3.00 bits per heavy atom. The normalized spacial score (nSPS) is 15.4. The second-order valence-corrected chi connectivity index (χ2v) is 4.59. The smallest absolute Gasteiger partial charge is 0.217 e. The minimum Gasteiger partial charge on any atom is -0.475 e. The van der Waals surface area contributed by atoms with Gasteiger partial charge in [0.2, 0.25) is 5.90 Å². The minimum atomic E-state index is 0.702. The molecule has 0 aliphatic carbocycles. The van der Waals surface area contributed by atoms with Crippen molar-refractivity contribution in [3.05, 3.63) is 31.8 Å². The number of hydrogen-bond donors (Lipinski definition) is 0. The molecule has 0 spiro atoms. The van der Waals surface area contributed by atoms with Crippen molar-refractivity contribution in [2.45, 2.75) is 0 Å². The van der Waals surface area contributed by atoms with Gasteiger partial charge in [0.25, 0.3) is 0 Å². The highest BCUT2D eigenvalue weighted by Crippen LogP contribution is 2.25. The molecular formula is C9H7BrINO. The third-order valence-corrected chi connectivity index (χ3v) is 4.26. The molecule has 4 heteroatoms. The predicted octanol–water partition coefficient (Wildman–Crippen LogP) is 2.83. The molecule has 2 nitrogen and oxygen atoms in total. The Hall–Kier alpha value is -0.100. The van der Waals surface area contributed by atoms with Crippen LogP contribution in [0.1, 0.15) is 5.56 Å². The molecule has 1 heterocycles. The van der Waals surface area contributed by atoms with E-state index in [0.29, 0.717) is 6.61 Å². The summed E-state index contributed by atoms with van der Waals surface area (Å²) in [6.45, 7) is 1.47. The van der Waals surface area contributed by atoms with E-state index >= 15 is 0 Å². The van der Waals surface area contributed by atoms with E-state index in [-0.39, 0.29) is 0 Å². The van der Waals surface area contributed by atoms with Crippen molar-refractivity contribution in [1.29, 1.82) is 0 Å². The van der Waals surface area contributed by atoms with Crippen LogP contribution in [0.25, 0.3) is 0 Å². The molecule has 0 saturated heterocycles. The molecule has 1 aromatic carbocycles. The second kappa shape index (κ2) is 3.96. The molecule has 0 amide bonds. The van der Waals surface area contributed by atoms with Crippen LogP contribution in [-0.2, 0) is 4.74 Å². The van der Waals surface area contributed by atoms with Crippen LogP contribution in [0.3, 0.4) is 0 Å². The lowest BCUT2D eigenvalue weighted by molar-refractivity contribution is 0.348. The highest BCUT2D eigenvalue weighted by atomic mass is 127. The van der Waals surface area contributed by atoms with E-state index in [9.17, 15) is 0 Å². The first kappa shape index (κ1) is 9.45. The number of benzene rings is 1. The van der Waals surface area contributed by atoms with Gasteiger partial charge in [0.15, 0.2) is 0 Å². The number of nitrogens with zero attached hydrogens (tertiary/aromatic N) is 1. The summed E-state index contributed by atoms with van der Waals surface area (Å²) in [5.41, 5.74) is 1.05. The van der Waals surface area contributed by atoms with Crippen molar-refractivity contribution in [2.75, 3.05) is 13.2 Å². The summed E-state index contributed by atoms with van der Waals surface area (Å²) in [6.07, 6.45) is 0. The Bertz CT molecular complexity index is 365. The van der Waals surface area contributed by atoms with E-state index in [2.05, 4.69) is 43.5 Å². The lowest BCUT2D eigenvalue weighted by atomic mass is 10.2. The highest BCUT2D eigenvalue weighted by molar-refractivity contribution is 14.1. The van der Waals surface area contributed by atoms with Crippen molar-refractivity contribution < 1.29 is 4.74 Å². The van der Waals surface area contributed by atoms with Crippen molar-refractivity contribution in [2.24, 2.45) is 4.99 Å². The Balaban J connectivity index is 2.45. The van der Waals surface area contributed by atoms with Gasteiger partial charge in [-0.25, -0.2) is 4.99 Å². The quantitative estimate of drug-likeness (QED) is 0.713. The van der Waals surface area contributed by atoms with Crippen LogP contribution in [-0.4, -0.2) is 19.0 Å². The fourth-order valence-electron chi connectivity index (χ4n) is 1.17. The zero-order valence-corrected chi connectivity index (χ0v) is 10.5. The first-order chi connectivity index (χ1) is 6.29. The largest absolute Gasteiger partial charge is 0.475 e. The number of rotatable bonds is 1. The molecule has 13 heavy (non-hydrogen) atoms. The molecule has 0 aromatic heterocycles. The zero-order chi connectivity index (χ0) is 9.26. The van der Waals surface area contributed by atoms with E-state index < -0.39 is 0 Å². The van der Waals surface area contributed by atoms with Crippen LogP contribution in [0.4, 0.5) is 0 Å². The van der Waals surface area contributed by atoms with Gasteiger partial charge in [0.1, 0.15) is 6.61 Å². The van der Waals surface area contributed by atoms with Gasteiger partial charge in [-0.15, -0.1) is 0 Å². The molecule has 0 saturated carbocycles. The Labute approximate surface area is 98.7 Å². The molecular weight excluding hydrogens is 345 g/mol. The minimum absolute atomic E-state index is 0.702.